The van der Waals surface area contributed by atoms with Crippen LogP contribution in [-0.2, 0) is 11.3 Å². The second-order valence-corrected chi connectivity index (χ2v) is 7.20. The van der Waals surface area contributed by atoms with Gasteiger partial charge in [-0.3, -0.25) is 4.84 Å². The molecule has 0 radical (unpaired) electrons. The summed E-state index contributed by atoms with van der Waals surface area (Å²) in [6, 6.07) is 8.73. The molecule has 1 N–H and O–H groups in total. The standard InChI is InChI=1S/C14H19NOS2/c1-14(2,3)16-15-12(13-7-5-9-18-13)10-11-6-4-8-17-11/h4-9,12,15H,10H2,1-3H3. The molecule has 0 aliphatic heterocycles. The fourth-order valence-corrected chi connectivity index (χ4v) is 3.09. The Morgan fingerprint density at radius 2 is 1.89 bits per heavy atom. The van der Waals surface area contributed by atoms with Gasteiger partial charge in [-0.1, -0.05) is 12.1 Å². The molecule has 0 spiro atoms. The lowest BCUT2D eigenvalue weighted by Crippen LogP contribution is -2.32. The molecule has 0 bridgehead atoms. The van der Waals surface area contributed by atoms with Crippen LogP contribution in [0.15, 0.2) is 35.0 Å². The molecule has 1 atom stereocenters. The van der Waals surface area contributed by atoms with Crippen LogP contribution < -0.4 is 5.48 Å². The third kappa shape index (κ3) is 4.21. The number of hydrogen-bond acceptors (Lipinski definition) is 4. The van der Waals surface area contributed by atoms with E-state index >= 15 is 0 Å². The molecule has 2 rings (SSSR count). The zero-order chi connectivity index (χ0) is 13.0. The lowest BCUT2D eigenvalue weighted by Gasteiger charge is -2.24. The maximum Gasteiger partial charge on any atom is 0.0813 e. The molecule has 98 valence electrons. The van der Waals surface area contributed by atoms with Gasteiger partial charge in [0.2, 0.25) is 0 Å². The zero-order valence-corrected chi connectivity index (χ0v) is 12.6. The van der Waals surface area contributed by atoms with E-state index in [4.69, 9.17) is 4.84 Å². The Kier molecular flexibility index (Phi) is 4.56. The van der Waals surface area contributed by atoms with Crippen molar-refractivity contribution in [2.45, 2.75) is 38.8 Å². The molecule has 2 aromatic heterocycles. The van der Waals surface area contributed by atoms with Crippen molar-refractivity contribution in [3.8, 4) is 0 Å². The summed E-state index contributed by atoms with van der Waals surface area (Å²) >= 11 is 3.56. The van der Waals surface area contributed by atoms with Crippen molar-refractivity contribution in [3.05, 3.63) is 44.8 Å². The van der Waals surface area contributed by atoms with Gasteiger partial charge >= 0.3 is 0 Å². The van der Waals surface area contributed by atoms with Gasteiger partial charge in [0.25, 0.3) is 0 Å². The maximum atomic E-state index is 5.73. The number of thiophene rings is 2. The number of hydroxylamine groups is 1. The van der Waals surface area contributed by atoms with Crippen molar-refractivity contribution < 1.29 is 4.84 Å². The summed E-state index contributed by atoms with van der Waals surface area (Å²) in [5.74, 6) is 0. The lowest BCUT2D eigenvalue weighted by molar-refractivity contribution is -0.0885. The maximum absolute atomic E-state index is 5.73. The SMILES string of the molecule is CC(C)(C)ONC(Cc1cccs1)c1cccs1. The van der Waals surface area contributed by atoms with E-state index in [1.165, 1.54) is 9.75 Å². The van der Waals surface area contributed by atoms with Crippen LogP contribution in [0.4, 0.5) is 0 Å². The van der Waals surface area contributed by atoms with E-state index in [0.717, 1.165) is 6.42 Å². The molecule has 0 aliphatic rings. The number of hydrogen-bond donors (Lipinski definition) is 1. The van der Waals surface area contributed by atoms with Gasteiger partial charge in [-0.2, -0.15) is 5.48 Å². The van der Waals surface area contributed by atoms with Gasteiger partial charge in [0.15, 0.2) is 0 Å². The zero-order valence-electron chi connectivity index (χ0n) is 11.0. The molecule has 2 nitrogen and oxygen atoms in total. The molecular weight excluding hydrogens is 262 g/mol. The van der Waals surface area contributed by atoms with Crippen LogP contribution in [0, 0.1) is 0 Å². The summed E-state index contributed by atoms with van der Waals surface area (Å²) in [5, 5.41) is 4.22. The van der Waals surface area contributed by atoms with E-state index in [9.17, 15) is 0 Å². The molecule has 0 aromatic carbocycles. The highest BCUT2D eigenvalue weighted by Crippen LogP contribution is 2.25. The molecule has 18 heavy (non-hydrogen) atoms. The smallest absolute Gasteiger partial charge is 0.0813 e. The first-order chi connectivity index (χ1) is 8.54. The highest BCUT2D eigenvalue weighted by atomic mass is 32.1. The summed E-state index contributed by atoms with van der Waals surface area (Å²) in [6.45, 7) is 6.16. The minimum Gasteiger partial charge on any atom is -0.295 e. The van der Waals surface area contributed by atoms with Gasteiger partial charge < -0.3 is 0 Å². The summed E-state index contributed by atoms with van der Waals surface area (Å²) in [7, 11) is 0. The van der Waals surface area contributed by atoms with E-state index in [-0.39, 0.29) is 11.6 Å². The van der Waals surface area contributed by atoms with Crippen molar-refractivity contribution in [3.63, 3.8) is 0 Å². The van der Waals surface area contributed by atoms with Crippen LogP contribution in [0.5, 0.6) is 0 Å². The molecule has 0 aliphatic carbocycles. The summed E-state index contributed by atoms with van der Waals surface area (Å²) < 4.78 is 0. The fraction of sp³-hybridized carbons (Fsp3) is 0.429. The third-order valence-corrected chi connectivity index (χ3v) is 4.26. The van der Waals surface area contributed by atoms with Crippen molar-refractivity contribution in [2.75, 3.05) is 0 Å². The van der Waals surface area contributed by atoms with Gasteiger partial charge in [-0.15, -0.1) is 22.7 Å². The van der Waals surface area contributed by atoms with Crippen LogP contribution >= 0.6 is 22.7 Å². The Bertz CT molecular complexity index is 443. The molecule has 1 unspecified atom stereocenters. The summed E-state index contributed by atoms with van der Waals surface area (Å²) in [4.78, 5) is 8.41. The van der Waals surface area contributed by atoms with Crippen LogP contribution in [-0.4, -0.2) is 5.60 Å². The van der Waals surface area contributed by atoms with E-state index in [2.05, 4.69) is 61.3 Å². The van der Waals surface area contributed by atoms with Crippen molar-refractivity contribution >= 4 is 22.7 Å². The Balaban J connectivity index is 2.04. The molecule has 2 heterocycles. The van der Waals surface area contributed by atoms with Crippen LogP contribution in [0.25, 0.3) is 0 Å². The molecule has 0 amide bonds. The van der Waals surface area contributed by atoms with Gasteiger partial charge in [0.05, 0.1) is 11.6 Å². The van der Waals surface area contributed by atoms with Crippen LogP contribution in [0.2, 0.25) is 0 Å². The minimum atomic E-state index is -0.176. The average Bonchev–Trinajstić information content (AvgIpc) is 2.95. The Morgan fingerprint density at radius 1 is 1.17 bits per heavy atom. The molecule has 4 heteroatoms. The van der Waals surface area contributed by atoms with Gasteiger partial charge in [0, 0.05) is 16.2 Å². The topological polar surface area (TPSA) is 21.3 Å². The lowest BCUT2D eigenvalue weighted by atomic mass is 10.1. The monoisotopic (exact) mass is 281 g/mol. The molecular formula is C14H19NOS2. The van der Waals surface area contributed by atoms with Gasteiger partial charge in [0.1, 0.15) is 0 Å². The highest BCUT2D eigenvalue weighted by Gasteiger charge is 2.18. The number of nitrogens with one attached hydrogen (secondary N) is 1. The van der Waals surface area contributed by atoms with Crippen LogP contribution in [0.1, 0.15) is 36.6 Å². The normalized spacial score (nSPS) is 13.7. The quantitative estimate of drug-likeness (QED) is 0.820. The first-order valence-electron chi connectivity index (χ1n) is 6.04. The summed E-state index contributed by atoms with van der Waals surface area (Å²) in [5.41, 5.74) is 3.04. The van der Waals surface area contributed by atoms with E-state index in [1.807, 2.05) is 0 Å². The second-order valence-electron chi connectivity index (χ2n) is 5.18. The first kappa shape index (κ1) is 13.7. The van der Waals surface area contributed by atoms with Crippen molar-refractivity contribution in [1.82, 2.24) is 5.48 Å². The second kappa shape index (κ2) is 5.97. The molecule has 2 aromatic rings. The Hall–Kier alpha value is -0.680. The number of rotatable bonds is 5. The first-order valence-corrected chi connectivity index (χ1v) is 7.80. The van der Waals surface area contributed by atoms with E-state index in [0.29, 0.717) is 0 Å². The summed E-state index contributed by atoms with van der Waals surface area (Å²) in [6.07, 6.45) is 0.967. The largest absolute Gasteiger partial charge is 0.295 e. The van der Waals surface area contributed by atoms with Crippen molar-refractivity contribution in [1.29, 1.82) is 0 Å². The third-order valence-electron chi connectivity index (χ3n) is 2.38. The molecule has 0 saturated heterocycles. The Morgan fingerprint density at radius 3 is 2.44 bits per heavy atom. The highest BCUT2D eigenvalue weighted by molar-refractivity contribution is 7.10. The Labute approximate surface area is 117 Å². The van der Waals surface area contributed by atoms with E-state index in [1.54, 1.807) is 22.7 Å². The van der Waals surface area contributed by atoms with E-state index < -0.39 is 0 Å². The van der Waals surface area contributed by atoms with Crippen molar-refractivity contribution in [2.24, 2.45) is 0 Å². The molecule has 0 fully saturated rings. The average molecular weight is 281 g/mol. The van der Waals surface area contributed by atoms with Gasteiger partial charge in [-0.25, -0.2) is 0 Å². The fourth-order valence-electron chi connectivity index (χ4n) is 1.57. The predicted molar refractivity (Wildman–Crippen MR) is 79.1 cm³/mol. The minimum absolute atomic E-state index is 0.176. The van der Waals surface area contributed by atoms with Gasteiger partial charge in [-0.05, 0) is 43.7 Å². The predicted octanol–water partition coefficient (Wildman–Crippen LogP) is 4.41. The molecule has 0 saturated carbocycles. The van der Waals surface area contributed by atoms with Crippen LogP contribution in [0.3, 0.4) is 0 Å².